The van der Waals surface area contributed by atoms with Crippen molar-refractivity contribution in [2.75, 3.05) is 16.2 Å². The zero-order valence-corrected chi connectivity index (χ0v) is 22.4. The number of aryl methyl sites for hydroxylation is 1. The number of sulfonamides is 1. The van der Waals surface area contributed by atoms with Gasteiger partial charge in [-0.25, -0.2) is 8.42 Å². The average molecular weight is 565 g/mol. The molecule has 6 nitrogen and oxygen atoms in total. The van der Waals surface area contributed by atoms with Crippen LogP contribution in [0.3, 0.4) is 0 Å². The van der Waals surface area contributed by atoms with Crippen LogP contribution < -0.4 is 9.62 Å². The molecular formula is C29H22Cl2N2O4S. The number of anilines is 2. The van der Waals surface area contributed by atoms with E-state index in [4.69, 9.17) is 23.2 Å². The molecule has 0 atom stereocenters. The molecule has 1 amide bonds. The number of amides is 1. The monoisotopic (exact) mass is 564 g/mol. The number of hydrogen-bond donors (Lipinski definition) is 1. The van der Waals surface area contributed by atoms with Crippen LogP contribution in [0.5, 0.6) is 0 Å². The molecule has 0 aromatic heterocycles. The van der Waals surface area contributed by atoms with Crippen LogP contribution in [0.25, 0.3) is 0 Å². The van der Waals surface area contributed by atoms with Crippen LogP contribution in [0.2, 0.25) is 10.0 Å². The maximum Gasteiger partial charge on any atom is 0.264 e. The molecule has 0 fully saturated rings. The van der Waals surface area contributed by atoms with Crippen molar-refractivity contribution in [3.63, 3.8) is 0 Å². The standard InChI is InChI=1S/C29H22Cl2N2O4S/c30-22-9-12-24(13-10-22)38(36,37)33-16-4-7-20-17-21(8-15-27(20)33)29(35)32-26-14-11-23(31)18-25(26)28(34)19-5-2-1-3-6-19/h1-3,5-6,8-15,17-18H,4,7,16H2,(H,32,35). The summed E-state index contributed by atoms with van der Waals surface area (Å²) in [4.78, 5) is 26.5. The van der Waals surface area contributed by atoms with Crippen LogP contribution in [0, 0.1) is 0 Å². The first-order valence-corrected chi connectivity index (χ1v) is 14.1. The number of fused-ring (bicyclic) bond motifs is 1. The summed E-state index contributed by atoms with van der Waals surface area (Å²) in [6, 6.07) is 24.4. The third-order valence-electron chi connectivity index (χ3n) is 6.33. The zero-order valence-electron chi connectivity index (χ0n) is 20.0. The Morgan fingerprint density at radius 1 is 0.789 bits per heavy atom. The summed E-state index contributed by atoms with van der Waals surface area (Å²) in [7, 11) is -3.80. The van der Waals surface area contributed by atoms with Crippen LogP contribution in [-0.2, 0) is 16.4 Å². The topological polar surface area (TPSA) is 83.6 Å². The molecule has 1 aliphatic heterocycles. The molecule has 1 heterocycles. The van der Waals surface area contributed by atoms with Gasteiger partial charge in [-0.3, -0.25) is 13.9 Å². The van der Waals surface area contributed by atoms with E-state index in [-0.39, 0.29) is 16.2 Å². The number of carbonyl (C=O) groups excluding carboxylic acids is 2. The Balaban J connectivity index is 1.43. The lowest BCUT2D eigenvalue weighted by molar-refractivity contribution is 0.102. The highest BCUT2D eigenvalue weighted by Crippen LogP contribution is 2.33. The van der Waals surface area contributed by atoms with Crippen LogP contribution >= 0.6 is 23.2 Å². The summed E-state index contributed by atoms with van der Waals surface area (Å²) in [5.41, 5.74) is 2.71. The lowest BCUT2D eigenvalue weighted by Gasteiger charge is -2.30. The fourth-order valence-electron chi connectivity index (χ4n) is 4.44. The minimum Gasteiger partial charge on any atom is -0.321 e. The molecule has 192 valence electrons. The number of ketones is 1. The van der Waals surface area contributed by atoms with E-state index in [9.17, 15) is 18.0 Å². The SMILES string of the molecule is O=C(Nc1ccc(Cl)cc1C(=O)c1ccccc1)c1ccc2c(c1)CCCN2S(=O)(=O)c1ccc(Cl)cc1. The maximum atomic E-state index is 13.3. The predicted octanol–water partition coefficient (Wildman–Crippen LogP) is 6.62. The predicted molar refractivity (Wildman–Crippen MR) is 150 cm³/mol. The van der Waals surface area contributed by atoms with E-state index in [2.05, 4.69) is 5.32 Å². The van der Waals surface area contributed by atoms with E-state index >= 15 is 0 Å². The van der Waals surface area contributed by atoms with Gasteiger partial charge in [0.15, 0.2) is 5.78 Å². The summed E-state index contributed by atoms with van der Waals surface area (Å²) in [6.45, 7) is 0.333. The van der Waals surface area contributed by atoms with Gasteiger partial charge in [0.25, 0.3) is 15.9 Å². The minimum atomic E-state index is -3.80. The van der Waals surface area contributed by atoms with Gasteiger partial charge >= 0.3 is 0 Å². The number of halogens is 2. The highest BCUT2D eigenvalue weighted by atomic mass is 35.5. The first-order valence-electron chi connectivity index (χ1n) is 11.9. The van der Waals surface area contributed by atoms with Gasteiger partial charge in [0, 0.05) is 33.3 Å². The lowest BCUT2D eigenvalue weighted by Crippen LogP contribution is -2.35. The van der Waals surface area contributed by atoms with Crippen molar-refractivity contribution < 1.29 is 18.0 Å². The van der Waals surface area contributed by atoms with E-state index in [0.717, 1.165) is 5.56 Å². The molecule has 0 spiro atoms. The van der Waals surface area contributed by atoms with E-state index in [0.29, 0.717) is 51.9 Å². The Labute approximate surface area is 230 Å². The first kappa shape index (κ1) is 26.0. The number of hydrogen-bond acceptors (Lipinski definition) is 4. The number of benzene rings is 4. The molecule has 4 aromatic rings. The second-order valence-electron chi connectivity index (χ2n) is 8.82. The fourth-order valence-corrected chi connectivity index (χ4v) is 6.28. The highest BCUT2D eigenvalue weighted by Gasteiger charge is 2.29. The Bertz CT molecular complexity index is 1640. The molecule has 0 bridgehead atoms. The largest absolute Gasteiger partial charge is 0.321 e. The molecule has 4 aromatic carbocycles. The van der Waals surface area contributed by atoms with Gasteiger partial charge in [0.1, 0.15) is 0 Å². The summed E-state index contributed by atoms with van der Waals surface area (Å²) in [5, 5.41) is 3.65. The van der Waals surface area contributed by atoms with Crippen LogP contribution in [0.1, 0.15) is 38.3 Å². The molecule has 9 heteroatoms. The third-order valence-corrected chi connectivity index (χ3v) is 8.64. The van der Waals surface area contributed by atoms with Crippen molar-refractivity contribution in [2.24, 2.45) is 0 Å². The van der Waals surface area contributed by atoms with Gasteiger partial charge in [0.05, 0.1) is 16.3 Å². The normalized spacial score (nSPS) is 13.1. The summed E-state index contributed by atoms with van der Waals surface area (Å²) in [6.07, 6.45) is 1.24. The first-order chi connectivity index (χ1) is 18.2. The molecule has 5 rings (SSSR count). The summed E-state index contributed by atoms with van der Waals surface area (Å²) < 4.78 is 28.0. The number of carbonyl (C=O) groups is 2. The second kappa shape index (κ2) is 10.6. The summed E-state index contributed by atoms with van der Waals surface area (Å²) in [5.74, 6) is -0.688. The molecule has 1 N–H and O–H groups in total. The van der Waals surface area contributed by atoms with E-state index in [1.54, 1.807) is 66.7 Å². The van der Waals surface area contributed by atoms with Crippen LogP contribution in [0.15, 0.2) is 95.9 Å². The minimum absolute atomic E-state index is 0.148. The molecule has 0 radical (unpaired) electrons. The smallest absolute Gasteiger partial charge is 0.264 e. The number of rotatable bonds is 6. The van der Waals surface area contributed by atoms with Gasteiger partial charge in [-0.2, -0.15) is 0 Å². The van der Waals surface area contributed by atoms with Crippen molar-refractivity contribution in [3.05, 3.63) is 123 Å². The average Bonchev–Trinajstić information content (AvgIpc) is 2.93. The van der Waals surface area contributed by atoms with Gasteiger partial charge in [-0.15, -0.1) is 0 Å². The molecule has 0 aliphatic carbocycles. The Morgan fingerprint density at radius 2 is 1.50 bits per heavy atom. The van der Waals surface area contributed by atoms with Gasteiger partial charge in [0.2, 0.25) is 0 Å². The molecular weight excluding hydrogens is 543 g/mol. The molecule has 0 saturated heterocycles. The quantitative estimate of drug-likeness (QED) is 0.267. The number of nitrogens with one attached hydrogen (secondary N) is 1. The van der Waals surface area contributed by atoms with E-state index < -0.39 is 15.9 Å². The van der Waals surface area contributed by atoms with Gasteiger partial charge in [-0.05, 0) is 79.1 Å². The van der Waals surface area contributed by atoms with Gasteiger partial charge < -0.3 is 5.32 Å². The molecule has 1 aliphatic rings. The van der Waals surface area contributed by atoms with Crippen molar-refractivity contribution in [1.29, 1.82) is 0 Å². The van der Waals surface area contributed by atoms with Crippen molar-refractivity contribution in [2.45, 2.75) is 17.7 Å². The third kappa shape index (κ3) is 5.18. The second-order valence-corrected chi connectivity index (χ2v) is 11.6. The molecule has 38 heavy (non-hydrogen) atoms. The van der Waals surface area contributed by atoms with E-state index in [1.165, 1.54) is 22.5 Å². The zero-order chi connectivity index (χ0) is 26.9. The van der Waals surface area contributed by atoms with Crippen molar-refractivity contribution in [1.82, 2.24) is 0 Å². The Kier molecular flexibility index (Phi) is 7.25. The van der Waals surface area contributed by atoms with Gasteiger partial charge in [-0.1, -0.05) is 53.5 Å². The highest BCUT2D eigenvalue weighted by molar-refractivity contribution is 7.92. The lowest BCUT2D eigenvalue weighted by atomic mass is 9.99. The van der Waals surface area contributed by atoms with Crippen molar-refractivity contribution >= 4 is 56.3 Å². The number of nitrogens with zero attached hydrogens (tertiary/aromatic N) is 1. The molecule has 0 saturated carbocycles. The van der Waals surface area contributed by atoms with Crippen LogP contribution in [-0.4, -0.2) is 26.7 Å². The van der Waals surface area contributed by atoms with E-state index in [1.807, 2.05) is 6.07 Å². The summed E-state index contributed by atoms with van der Waals surface area (Å²) >= 11 is 12.1. The molecule has 0 unspecified atom stereocenters. The Hall–Kier alpha value is -3.65. The maximum absolute atomic E-state index is 13.3. The fraction of sp³-hybridized carbons (Fsp3) is 0.103. The van der Waals surface area contributed by atoms with Crippen LogP contribution in [0.4, 0.5) is 11.4 Å². The Morgan fingerprint density at radius 3 is 2.24 bits per heavy atom. The van der Waals surface area contributed by atoms with Crippen molar-refractivity contribution in [3.8, 4) is 0 Å².